The van der Waals surface area contributed by atoms with E-state index < -0.39 is 0 Å². The van der Waals surface area contributed by atoms with Gasteiger partial charge in [0.2, 0.25) is 11.8 Å². The minimum atomic E-state index is -0.271. The molecule has 0 aromatic heterocycles. The first-order valence-electron chi connectivity index (χ1n) is 11.3. The van der Waals surface area contributed by atoms with Crippen LogP contribution in [0.2, 0.25) is 10.0 Å². The summed E-state index contributed by atoms with van der Waals surface area (Å²) in [5.41, 5.74) is 3.99. The molecule has 180 valence electrons. The van der Waals surface area contributed by atoms with Crippen LogP contribution in [0.25, 0.3) is 11.1 Å². The van der Waals surface area contributed by atoms with Gasteiger partial charge >= 0.3 is 0 Å². The van der Waals surface area contributed by atoms with Crippen molar-refractivity contribution in [3.63, 3.8) is 0 Å². The zero-order valence-electron chi connectivity index (χ0n) is 18.3. The van der Waals surface area contributed by atoms with Crippen LogP contribution in [-0.4, -0.2) is 34.9 Å². The summed E-state index contributed by atoms with van der Waals surface area (Å²) in [6, 6.07) is 15.1. The molecule has 10 heteroatoms. The van der Waals surface area contributed by atoms with Gasteiger partial charge in [0.1, 0.15) is 0 Å². The molecule has 0 saturated carbocycles. The number of hydrogen-bond donors (Lipinski definition) is 4. The van der Waals surface area contributed by atoms with Gasteiger partial charge in [-0.1, -0.05) is 47.5 Å². The molecule has 2 fully saturated rings. The van der Waals surface area contributed by atoms with E-state index in [1.165, 1.54) is 0 Å². The molecule has 6 atom stereocenters. The maximum Gasteiger partial charge on any atom is 0.231 e. The summed E-state index contributed by atoms with van der Waals surface area (Å²) in [6.07, 6.45) is 0.0368. The number of hydrogen-bond acceptors (Lipinski definition) is 6. The van der Waals surface area contributed by atoms with E-state index >= 15 is 0 Å². The maximum atomic E-state index is 13.1. The topological polar surface area (TPSA) is 82.3 Å². The number of fused-ring (bicyclic) bond motifs is 2. The summed E-state index contributed by atoms with van der Waals surface area (Å²) in [5.74, 6) is -0.557. The quantitative estimate of drug-likeness (QED) is 0.461. The Kier molecular flexibility index (Phi) is 6.37. The standard InChI is InChI=1S/C25H22Cl2N4O2S2/c26-14-5-1-12(2-6-14)16-10-34-24-20(16)22(32)28-18(30-24)9-19-29-23(33)21-17(11-35-25(21)31-19)13-3-7-15(27)8-4-13/h1-8,10-11,18-21,24-25,30-31H,9H2,(H,28,32)(H,29,33). The summed E-state index contributed by atoms with van der Waals surface area (Å²) in [5, 5.41) is 18.7. The van der Waals surface area contributed by atoms with Crippen LogP contribution in [0, 0.1) is 11.8 Å². The van der Waals surface area contributed by atoms with E-state index in [-0.39, 0.29) is 46.7 Å². The second-order valence-corrected chi connectivity index (χ2v) is 11.8. The second kappa shape index (κ2) is 9.50. The summed E-state index contributed by atoms with van der Waals surface area (Å²) < 4.78 is 0. The van der Waals surface area contributed by atoms with Crippen molar-refractivity contribution in [3.8, 4) is 0 Å². The van der Waals surface area contributed by atoms with E-state index in [9.17, 15) is 9.59 Å². The Labute approximate surface area is 221 Å². The van der Waals surface area contributed by atoms with E-state index in [2.05, 4.69) is 32.1 Å². The van der Waals surface area contributed by atoms with Gasteiger partial charge in [-0.2, -0.15) is 0 Å². The van der Waals surface area contributed by atoms with Crippen molar-refractivity contribution < 1.29 is 9.59 Å². The third-order valence-corrected chi connectivity index (χ3v) is 9.40. The van der Waals surface area contributed by atoms with Crippen LogP contribution in [0.3, 0.4) is 0 Å². The van der Waals surface area contributed by atoms with Crippen LogP contribution in [-0.2, 0) is 9.59 Å². The number of thioether (sulfide) groups is 2. The fourth-order valence-corrected chi connectivity index (χ4v) is 7.77. The average molecular weight is 546 g/mol. The lowest BCUT2D eigenvalue weighted by Gasteiger charge is -2.39. The molecule has 0 spiro atoms. The molecule has 2 amide bonds. The van der Waals surface area contributed by atoms with Gasteiger partial charge in [0.05, 0.1) is 34.9 Å². The Morgan fingerprint density at radius 2 is 1.06 bits per heavy atom. The third-order valence-electron chi connectivity index (χ3n) is 6.71. The summed E-state index contributed by atoms with van der Waals surface area (Å²) in [7, 11) is 0. The minimum absolute atomic E-state index is 0.00750. The number of nitrogens with one attached hydrogen (secondary N) is 4. The van der Waals surface area contributed by atoms with Gasteiger partial charge < -0.3 is 10.6 Å². The fourth-order valence-electron chi connectivity index (χ4n) is 5.02. The molecule has 6 nitrogen and oxygen atoms in total. The summed E-state index contributed by atoms with van der Waals surface area (Å²) in [6.45, 7) is 0. The van der Waals surface area contributed by atoms with Crippen molar-refractivity contribution in [3.05, 3.63) is 80.5 Å². The molecule has 2 aromatic rings. The fraction of sp³-hybridized carbons (Fsp3) is 0.280. The van der Waals surface area contributed by atoms with E-state index in [0.29, 0.717) is 16.5 Å². The Balaban J connectivity index is 1.09. The Bertz CT molecular complexity index is 1140. The number of amides is 2. The lowest BCUT2D eigenvalue weighted by molar-refractivity contribution is -0.127. The lowest BCUT2D eigenvalue weighted by Crippen LogP contribution is -2.65. The molecule has 4 N–H and O–H groups in total. The number of benzene rings is 2. The van der Waals surface area contributed by atoms with Gasteiger partial charge in [0.25, 0.3) is 0 Å². The monoisotopic (exact) mass is 544 g/mol. The van der Waals surface area contributed by atoms with Crippen LogP contribution >= 0.6 is 46.7 Å². The summed E-state index contributed by atoms with van der Waals surface area (Å²) in [4.78, 5) is 26.2. The molecular weight excluding hydrogens is 523 g/mol. The number of carbonyl (C=O) groups is 2. The highest BCUT2D eigenvalue weighted by Gasteiger charge is 2.45. The highest BCUT2D eigenvalue weighted by Crippen LogP contribution is 2.44. The molecule has 35 heavy (non-hydrogen) atoms. The summed E-state index contributed by atoms with van der Waals surface area (Å²) >= 11 is 15.3. The molecular formula is C25H22Cl2N4O2S2. The van der Waals surface area contributed by atoms with E-state index in [1.807, 2.05) is 48.5 Å². The lowest BCUT2D eigenvalue weighted by atomic mass is 9.90. The molecule has 2 aromatic carbocycles. The first-order valence-corrected chi connectivity index (χ1v) is 14.0. The molecule has 0 radical (unpaired) electrons. The SMILES string of the molecule is O=C1NC(CC2NC(=O)C3C(c4ccc(Cl)cc4)=CSC3N2)NC2SC=C(c3ccc(Cl)cc3)C12. The predicted octanol–water partition coefficient (Wildman–Crippen LogP) is 4.23. The van der Waals surface area contributed by atoms with Crippen LogP contribution in [0.1, 0.15) is 17.5 Å². The van der Waals surface area contributed by atoms with Gasteiger partial charge in [-0.05, 0) is 57.4 Å². The van der Waals surface area contributed by atoms with Crippen molar-refractivity contribution in [1.82, 2.24) is 21.3 Å². The van der Waals surface area contributed by atoms with Crippen molar-refractivity contribution in [2.45, 2.75) is 29.5 Å². The zero-order chi connectivity index (χ0) is 24.1. The number of carbonyl (C=O) groups excluding carboxylic acids is 2. The van der Waals surface area contributed by atoms with E-state index in [4.69, 9.17) is 23.2 Å². The van der Waals surface area contributed by atoms with Gasteiger partial charge in [-0.15, -0.1) is 23.5 Å². The molecule has 4 aliphatic heterocycles. The Morgan fingerprint density at radius 3 is 1.46 bits per heavy atom. The second-order valence-electron chi connectivity index (χ2n) is 8.92. The van der Waals surface area contributed by atoms with Crippen LogP contribution in [0.5, 0.6) is 0 Å². The van der Waals surface area contributed by atoms with Crippen LogP contribution < -0.4 is 21.3 Å². The minimum Gasteiger partial charge on any atom is -0.340 e. The molecule has 0 aliphatic carbocycles. The average Bonchev–Trinajstić information content (AvgIpc) is 3.45. The van der Waals surface area contributed by atoms with Gasteiger partial charge in [0, 0.05) is 16.5 Å². The molecule has 2 saturated heterocycles. The van der Waals surface area contributed by atoms with Gasteiger partial charge in [-0.3, -0.25) is 20.2 Å². The smallest absolute Gasteiger partial charge is 0.231 e. The first kappa shape index (κ1) is 23.5. The molecule has 6 rings (SSSR count). The van der Waals surface area contributed by atoms with Crippen LogP contribution in [0.15, 0.2) is 59.3 Å². The largest absolute Gasteiger partial charge is 0.340 e. The molecule has 6 unspecified atom stereocenters. The zero-order valence-corrected chi connectivity index (χ0v) is 21.5. The maximum absolute atomic E-state index is 13.1. The van der Waals surface area contributed by atoms with Crippen molar-refractivity contribution in [2.75, 3.05) is 0 Å². The van der Waals surface area contributed by atoms with E-state index in [1.54, 1.807) is 23.5 Å². The van der Waals surface area contributed by atoms with E-state index in [0.717, 1.165) is 22.3 Å². The molecule has 4 aliphatic rings. The van der Waals surface area contributed by atoms with Gasteiger partial charge in [0.15, 0.2) is 0 Å². The normalized spacial score (nSPS) is 31.7. The highest BCUT2D eigenvalue weighted by atomic mass is 35.5. The number of rotatable bonds is 4. The Morgan fingerprint density at radius 1 is 0.657 bits per heavy atom. The van der Waals surface area contributed by atoms with Crippen molar-refractivity contribution in [1.29, 1.82) is 0 Å². The van der Waals surface area contributed by atoms with Crippen LogP contribution in [0.4, 0.5) is 0 Å². The highest BCUT2D eigenvalue weighted by molar-refractivity contribution is 8.03. The van der Waals surface area contributed by atoms with Crippen molar-refractivity contribution in [2.24, 2.45) is 11.8 Å². The first-order chi connectivity index (χ1) is 17.0. The molecule has 4 heterocycles. The Hall–Kier alpha value is -1.94. The van der Waals surface area contributed by atoms with Crippen molar-refractivity contribution >= 4 is 69.7 Å². The third kappa shape index (κ3) is 4.52. The number of halogens is 2. The van der Waals surface area contributed by atoms with Gasteiger partial charge in [-0.25, -0.2) is 0 Å². The predicted molar refractivity (Wildman–Crippen MR) is 143 cm³/mol. The molecule has 0 bridgehead atoms.